The van der Waals surface area contributed by atoms with Gasteiger partial charge in [0.05, 0.1) is 13.2 Å². The van der Waals surface area contributed by atoms with Crippen molar-refractivity contribution in [2.75, 3.05) is 51.7 Å². The molecule has 0 aromatic heterocycles. The minimum absolute atomic E-state index is 0. The second kappa shape index (κ2) is 14.3. The number of halogens is 1. The van der Waals surface area contributed by atoms with Crippen LogP contribution in [0.5, 0.6) is 0 Å². The highest BCUT2D eigenvalue weighted by Gasteiger charge is 2.22. The highest BCUT2D eigenvalue weighted by Crippen LogP contribution is 2.28. The monoisotopic (exact) mass is 498 g/mol. The fraction of sp³-hybridized carbons (Fsp3) is 0.947. The van der Waals surface area contributed by atoms with Gasteiger partial charge >= 0.3 is 0 Å². The maximum Gasteiger partial charge on any atom is 0.191 e. The van der Waals surface area contributed by atoms with E-state index in [-0.39, 0.29) is 24.0 Å². The Morgan fingerprint density at radius 3 is 2.73 bits per heavy atom. The van der Waals surface area contributed by atoms with Gasteiger partial charge in [-0.05, 0) is 37.9 Å². The van der Waals surface area contributed by atoms with Crippen LogP contribution >= 0.6 is 35.7 Å². The van der Waals surface area contributed by atoms with Crippen LogP contribution < -0.4 is 10.6 Å². The smallest absolute Gasteiger partial charge is 0.191 e. The largest absolute Gasteiger partial charge is 0.379 e. The molecular weight excluding hydrogens is 459 g/mol. The molecule has 0 amide bonds. The molecule has 5 nitrogen and oxygen atoms in total. The van der Waals surface area contributed by atoms with E-state index in [1.807, 2.05) is 0 Å². The third-order valence-electron chi connectivity index (χ3n) is 4.95. The van der Waals surface area contributed by atoms with Crippen LogP contribution in [-0.2, 0) is 4.74 Å². The number of ether oxygens (including phenoxy) is 1. The van der Waals surface area contributed by atoms with Gasteiger partial charge in [-0.2, -0.15) is 11.8 Å². The lowest BCUT2D eigenvalue weighted by Gasteiger charge is -2.31. The van der Waals surface area contributed by atoms with Crippen LogP contribution in [0.1, 0.15) is 46.5 Å². The molecule has 0 bridgehead atoms. The van der Waals surface area contributed by atoms with Crippen molar-refractivity contribution in [3.8, 4) is 0 Å². The van der Waals surface area contributed by atoms with Gasteiger partial charge in [0.2, 0.25) is 0 Å². The van der Waals surface area contributed by atoms with Gasteiger partial charge in [-0.25, -0.2) is 0 Å². The van der Waals surface area contributed by atoms with Crippen LogP contribution in [0.25, 0.3) is 0 Å². The predicted octanol–water partition coefficient (Wildman–Crippen LogP) is 3.19. The van der Waals surface area contributed by atoms with E-state index in [4.69, 9.17) is 9.73 Å². The molecule has 2 rings (SSSR count). The topological polar surface area (TPSA) is 48.9 Å². The molecule has 1 aliphatic heterocycles. The van der Waals surface area contributed by atoms with Gasteiger partial charge in [-0.15, -0.1) is 24.0 Å². The van der Waals surface area contributed by atoms with Gasteiger partial charge in [0.1, 0.15) is 0 Å². The van der Waals surface area contributed by atoms with Crippen LogP contribution in [0, 0.1) is 5.92 Å². The lowest BCUT2D eigenvalue weighted by molar-refractivity contribution is 0.0323. The first-order chi connectivity index (χ1) is 12.2. The molecule has 1 heterocycles. The van der Waals surface area contributed by atoms with E-state index in [2.05, 4.69) is 48.1 Å². The van der Waals surface area contributed by atoms with Gasteiger partial charge < -0.3 is 15.4 Å². The summed E-state index contributed by atoms with van der Waals surface area (Å²) in [6.45, 7) is 13.5. The minimum atomic E-state index is 0. The molecule has 1 saturated carbocycles. The molecule has 2 aliphatic rings. The van der Waals surface area contributed by atoms with Crippen molar-refractivity contribution < 1.29 is 4.74 Å². The summed E-state index contributed by atoms with van der Waals surface area (Å²) >= 11 is 2.12. The molecule has 0 spiro atoms. The number of thioether (sulfide) groups is 1. The van der Waals surface area contributed by atoms with Gasteiger partial charge in [-0.1, -0.05) is 20.3 Å². The number of aliphatic imine (C=N–C) groups is 1. The molecule has 3 atom stereocenters. The summed E-state index contributed by atoms with van der Waals surface area (Å²) in [5, 5.41) is 7.95. The zero-order valence-electron chi connectivity index (χ0n) is 16.8. The Morgan fingerprint density at radius 1 is 1.27 bits per heavy atom. The molecule has 0 aromatic carbocycles. The fourth-order valence-corrected chi connectivity index (χ4v) is 4.88. The molecule has 0 radical (unpaired) electrons. The van der Waals surface area contributed by atoms with E-state index < -0.39 is 0 Å². The van der Waals surface area contributed by atoms with Crippen molar-refractivity contribution in [2.45, 2.75) is 57.7 Å². The molecular formula is C19H39IN4OS. The van der Waals surface area contributed by atoms with Crippen LogP contribution in [-0.4, -0.2) is 73.8 Å². The van der Waals surface area contributed by atoms with E-state index in [9.17, 15) is 0 Å². The van der Waals surface area contributed by atoms with Crippen LogP contribution in [0.15, 0.2) is 4.99 Å². The Labute approximate surface area is 181 Å². The second-order valence-electron chi connectivity index (χ2n) is 7.32. The summed E-state index contributed by atoms with van der Waals surface area (Å²) in [6, 6.07) is 0.574. The summed E-state index contributed by atoms with van der Waals surface area (Å²) < 4.78 is 5.43. The summed E-state index contributed by atoms with van der Waals surface area (Å²) in [5.41, 5.74) is 0. The number of guanidine groups is 1. The molecule has 154 valence electrons. The van der Waals surface area contributed by atoms with E-state index in [1.165, 1.54) is 31.4 Å². The highest BCUT2D eigenvalue weighted by atomic mass is 127. The molecule has 1 aliphatic carbocycles. The zero-order valence-corrected chi connectivity index (χ0v) is 20.0. The lowest BCUT2D eigenvalue weighted by Crippen LogP contribution is -2.46. The van der Waals surface area contributed by atoms with E-state index in [1.54, 1.807) is 0 Å². The molecule has 2 fully saturated rings. The molecule has 3 unspecified atom stereocenters. The SMILES string of the molecule is CCNC(=NCC(C)CN1CCOCC1)NC1CCCC(SCC)C1.I. The first-order valence-corrected chi connectivity index (χ1v) is 11.2. The summed E-state index contributed by atoms with van der Waals surface area (Å²) in [6.07, 6.45) is 5.25. The average Bonchev–Trinajstić information content (AvgIpc) is 2.61. The zero-order chi connectivity index (χ0) is 17.9. The number of nitrogens with one attached hydrogen (secondary N) is 2. The van der Waals surface area contributed by atoms with Crippen molar-refractivity contribution in [3.05, 3.63) is 0 Å². The Hall–Kier alpha value is 0.270. The van der Waals surface area contributed by atoms with Crippen molar-refractivity contribution in [3.63, 3.8) is 0 Å². The van der Waals surface area contributed by atoms with Crippen LogP contribution in [0.4, 0.5) is 0 Å². The second-order valence-corrected chi connectivity index (χ2v) is 8.90. The normalized spacial score (nSPS) is 26.0. The van der Waals surface area contributed by atoms with Crippen molar-refractivity contribution in [2.24, 2.45) is 10.9 Å². The first kappa shape index (κ1) is 24.3. The maximum absolute atomic E-state index is 5.43. The quantitative estimate of drug-likeness (QED) is 0.306. The molecule has 26 heavy (non-hydrogen) atoms. The third kappa shape index (κ3) is 9.46. The number of hydrogen-bond donors (Lipinski definition) is 2. The Kier molecular flexibility index (Phi) is 13.4. The van der Waals surface area contributed by atoms with E-state index in [0.29, 0.717) is 12.0 Å². The standard InChI is InChI=1S/C19H38N4OS.HI/c1-4-20-19(22-17-7-6-8-18(13-17)25-5-2)21-14-16(3)15-23-9-11-24-12-10-23;/h16-18H,4-15H2,1-3H3,(H2,20,21,22);1H. The molecule has 1 saturated heterocycles. The summed E-state index contributed by atoms with van der Waals surface area (Å²) in [4.78, 5) is 7.37. The lowest BCUT2D eigenvalue weighted by atomic mass is 9.95. The van der Waals surface area contributed by atoms with E-state index >= 15 is 0 Å². The van der Waals surface area contributed by atoms with E-state index in [0.717, 1.165) is 57.1 Å². The van der Waals surface area contributed by atoms with Crippen LogP contribution in [0.2, 0.25) is 0 Å². The van der Waals surface area contributed by atoms with Crippen LogP contribution in [0.3, 0.4) is 0 Å². The summed E-state index contributed by atoms with van der Waals surface area (Å²) in [5.74, 6) is 2.80. The first-order valence-electron chi connectivity index (χ1n) is 10.2. The maximum atomic E-state index is 5.43. The van der Waals surface area contributed by atoms with Gasteiger partial charge in [0, 0.05) is 44.0 Å². The van der Waals surface area contributed by atoms with Crippen molar-refractivity contribution in [1.82, 2.24) is 15.5 Å². The van der Waals surface area contributed by atoms with Gasteiger partial charge in [0.25, 0.3) is 0 Å². The summed E-state index contributed by atoms with van der Waals surface area (Å²) in [7, 11) is 0. The third-order valence-corrected chi connectivity index (χ3v) is 6.18. The highest BCUT2D eigenvalue weighted by molar-refractivity contribution is 14.0. The molecule has 7 heteroatoms. The number of nitrogens with zero attached hydrogens (tertiary/aromatic N) is 2. The number of rotatable bonds is 8. The van der Waals surface area contributed by atoms with Crippen molar-refractivity contribution in [1.29, 1.82) is 0 Å². The van der Waals surface area contributed by atoms with Crippen molar-refractivity contribution >= 4 is 41.7 Å². The number of morpholine rings is 1. The predicted molar refractivity (Wildman–Crippen MR) is 125 cm³/mol. The average molecular weight is 499 g/mol. The Balaban J connectivity index is 0.00000338. The van der Waals surface area contributed by atoms with Gasteiger partial charge in [-0.3, -0.25) is 9.89 Å². The van der Waals surface area contributed by atoms with Gasteiger partial charge in [0.15, 0.2) is 5.96 Å². The fourth-order valence-electron chi connectivity index (χ4n) is 3.71. The molecule has 2 N–H and O–H groups in total. The molecule has 0 aromatic rings. The number of hydrogen-bond acceptors (Lipinski definition) is 4. The Bertz CT molecular complexity index is 392. The minimum Gasteiger partial charge on any atom is -0.379 e. The Morgan fingerprint density at radius 2 is 2.04 bits per heavy atom.